The third kappa shape index (κ3) is 3.58. The molecule has 0 fully saturated rings. The minimum atomic E-state index is 0.584. The summed E-state index contributed by atoms with van der Waals surface area (Å²) in [5.74, 6) is 0.774. The molecule has 0 amide bonds. The fourth-order valence-electron chi connectivity index (χ4n) is 1.60. The lowest BCUT2D eigenvalue weighted by Gasteiger charge is -2.06. The van der Waals surface area contributed by atoms with E-state index in [4.69, 9.17) is 4.74 Å². The number of hydrogen-bond donors (Lipinski definition) is 0. The van der Waals surface area contributed by atoms with Gasteiger partial charge >= 0.3 is 0 Å². The predicted octanol–water partition coefficient (Wildman–Crippen LogP) is 3.28. The zero-order valence-corrected chi connectivity index (χ0v) is 9.87. The van der Waals surface area contributed by atoms with Gasteiger partial charge in [-0.1, -0.05) is 30.3 Å². The van der Waals surface area contributed by atoms with Crippen LogP contribution in [0.2, 0.25) is 0 Å². The molecule has 18 heavy (non-hydrogen) atoms. The Kier molecular flexibility index (Phi) is 4.28. The van der Waals surface area contributed by atoms with E-state index in [2.05, 4.69) is 17.1 Å². The van der Waals surface area contributed by atoms with Gasteiger partial charge in [0, 0.05) is 6.42 Å². The molecule has 0 aliphatic heterocycles. The van der Waals surface area contributed by atoms with Gasteiger partial charge < -0.3 is 4.74 Å². The number of carbonyl (C=O) groups excluding carboxylic acids is 1. The van der Waals surface area contributed by atoms with Crippen LogP contribution >= 0.6 is 0 Å². The monoisotopic (exact) mass is 239 g/mol. The summed E-state index contributed by atoms with van der Waals surface area (Å²) in [4.78, 5) is 13.6. The summed E-state index contributed by atoms with van der Waals surface area (Å²) in [6, 6.07) is 17.2. The maximum absolute atomic E-state index is 10.1. The maximum atomic E-state index is 10.1. The zero-order chi connectivity index (χ0) is 12.6. The number of rotatable bonds is 5. The van der Waals surface area contributed by atoms with Crippen molar-refractivity contribution in [3.8, 4) is 5.75 Å². The summed E-state index contributed by atoms with van der Waals surface area (Å²) in [7, 11) is 0. The van der Waals surface area contributed by atoms with E-state index < -0.39 is 0 Å². The first-order valence-electron chi connectivity index (χ1n) is 5.73. The van der Waals surface area contributed by atoms with Crippen LogP contribution in [-0.2, 0) is 11.2 Å². The molecule has 3 heteroatoms. The van der Waals surface area contributed by atoms with Crippen LogP contribution in [0, 0.1) is 0 Å². The normalized spacial score (nSPS) is 9.56. The van der Waals surface area contributed by atoms with Gasteiger partial charge in [-0.2, -0.15) is 4.99 Å². The van der Waals surface area contributed by atoms with Crippen LogP contribution < -0.4 is 4.74 Å². The quantitative estimate of drug-likeness (QED) is 0.593. The van der Waals surface area contributed by atoms with E-state index in [1.807, 2.05) is 18.2 Å². The van der Waals surface area contributed by atoms with Gasteiger partial charge in [-0.15, -0.1) is 0 Å². The van der Waals surface area contributed by atoms with Crippen molar-refractivity contribution in [2.75, 3.05) is 6.61 Å². The van der Waals surface area contributed by atoms with Crippen LogP contribution in [0.4, 0.5) is 5.69 Å². The molecule has 2 aromatic carbocycles. The van der Waals surface area contributed by atoms with E-state index in [1.54, 1.807) is 24.3 Å². The minimum Gasteiger partial charge on any atom is -0.493 e. The van der Waals surface area contributed by atoms with Crippen molar-refractivity contribution in [1.29, 1.82) is 0 Å². The highest BCUT2D eigenvalue weighted by Gasteiger charge is 1.96. The first kappa shape index (κ1) is 12.1. The molecule has 3 nitrogen and oxygen atoms in total. The molecular weight excluding hydrogens is 226 g/mol. The first-order valence-corrected chi connectivity index (χ1v) is 5.73. The van der Waals surface area contributed by atoms with E-state index in [0.29, 0.717) is 12.3 Å². The molecule has 0 atom stereocenters. The van der Waals surface area contributed by atoms with Crippen molar-refractivity contribution in [3.63, 3.8) is 0 Å². The van der Waals surface area contributed by atoms with Gasteiger partial charge in [-0.3, -0.25) is 0 Å². The Hall–Kier alpha value is -2.38. The van der Waals surface area contributed by atoms with Gasteiger partial charge in [0.1, 0.15) is 5.75 Å². The van der Waals surface area contributed by atoms with E-state index in [-0.39, 0.29) is 0 Å². The number of ether oxygens (including phenoxy) is 1. The Balaban J connectivity index is 1.85. The van der Waals surface area contributed by atoms with Gasteiger partial charge in [0.05, 0.1) is 12.3 Å². The van der Waals surface area contributed by atoms with Crippen LogP contribution in [0.3, 0.4) is 0 Å². The van der Waals surface area contributed by atoms with Crippen molar-refractivity contribution in [3.05, 3.63) is 60.2 Å². The van der Waals surface area contributed by atoms with Crippen molar-refractivity contribution in [1.82, 2.24) is 0 Å². The predicted molar refractivity (Wildman–Crippen MR) is 69.9 cm³/mol. The Morgan fingerprint density at radius 2 is 1.72 bits per heavy atom. The summed E-state index contributed by atoms with van der Waals surface area (Å²) in [5, 5.41) is 0. The molecular formula is C15H13NO2. The van der Waals surface area contributed by atoms with Crippen molar-refractivity contribution in [2.24, 2.45) is 4.99 Å². The molecule has 0 N–H and O–H groups in total. The highest BCUT2D eigenvalue weighted by atomic mass is 16.5. The van der Waals surface area contributed by atoms with Gasteiger partial charge in [0.25, 0.3) is 0 Å². The third-order valence-corrected chi connectivity index (χ3v) is 2.51. The topological polar surface area (TPSA) is 38.7 Å². The van der Waals surface area contributed by atoms with Crippen LogP contribution in [-0.4, -0.2) is 12.7 Å². The SMILES string of the molecule is O=C=Nc1ccc(OCCc2ccccc2)cc1. The largest absolute Gasteiger partial charge is 0.493 e. The lowest BCUT2D eigenvalue weighted by Crippen LogP contribution is -2.00. The van der Waals surface area contributed by atoms with E-state index in [1.165, 1.54) is 11.6 Å². The highest BCUT2D eigenvalue weighted by Crippen LogP contribution is 2.17. The van der Waals surface area contributed by atoms with Crippen molar-refractivity contribution >= 4 is 11.8 Å². The lowest BCUT2D eigenvalue weighted by molar-refractivity contribution is 0.322. The third-order valence-electron chi connectivity index (χ3n) is 2.51. The number of isocyanates is 1. The molecule has 0 radical (unpaired) electrons. The van der Waals surface area contributed by atoms with Gasteiger partial charge in [0.15, 0.2) is 0 Å². The summed E-state index contributed by atoms with van der Waals surface area (Å²) in [6.45, 7) is 0.625. The van der Waals surface area contributed by atoms with Crippen molar-refractivity contribution in [2.45, 2.75) is 6.42 Å². The number of nitrogens with zero attached hydrogens (tertiary/aromatic N) is 1. The Morgan fingerprint density at radius 3 is 2.39 bits per heavy atom. The Labute approximate surface area is 106 Å². The molecule has 0 saturated carbocycles. The molecule has 0 aliphatic carbocycles. The second-order valence-electron chi connectivity index (χ2n) is 3.78. The molecule has 0 spiro atoms. The lowest BCUT2D eigenvalue weighted by atomic mass is 10.2. The van der Waals surface area contributed by atoms with Crippen LogP contribution in [0.25, 0.3) is 0 Å². The molecule has 0 heterocycles. The van der Waals surface area contributed by atoms with Crippen LogP contribution in [0.1, 0.15) is 5.56 Å². The first-order chi connectivity index (χ1) is 8.88. The second-order valence-corrected chi connectivity index (χ2v) is 3.78. The Morgan fingerprint density at radius 1 is 1.00 bits per heavy atom. The Bertz CT molecular complexity index is 528. The molecule has 0 bridgehead atoms. The number of aliphatic imine (C=N–C) groups is 1. The maximum Gasteiger partial charge on any atom is 0.240 e. The molecule has 90 valence electrons. The fourth-order valence-corrected chi connectivity index (χ4v) is 1.60. The zero-order valence-electron chi connectivity index (χ0n) is 9.87. The standard InChI is InChI=1S/C15H13NO2/c17-12-16-14-6-8-15(9-7-14)18-11-10-13-4-2-1-3-5-13/h1-9H,10-11H2. The molecule has 0 unspecified atom stereocenters. The average Bonchev–Trinajstić information content (AvgIpc) is 2.42. The van der Waals surface area contributed by atoms with E-state index in [0.717, 1.165) is 12.2 Å². The summed E-state index contributed by atoms with van der Waals surface area (Å²) >= 11 is 0. The fraction of sp³-hybridized carbons (Fsp3) is 0.133. The molecule has 0 aliphatic rings. The van der Waals surface area contributed by atoms with Gasteiger partial charge in [-0.25, -0.2) is 4.79 Å². The average molecular weight is 239 g/mol. The van der Waals surface area contributed by atoms with E-state index in [9.17, 15) is 4.79 Å². The second kappa shape index (κ2) is 6.38. The summed E-state index contributed by atoms with van der Waals surface area (Å²) < 4.78 is 5.60. The smallest absolute Gasteiger partial charge is 0.240 e. The van der Waals surface area contributed by atoms with Crippen LogP contribution in [0.5, 0.6) is 5.75 Å². The number of hydrogen-bond acceptors (Lipinski definition) is 3. The van der Waals surface area contributed by atoms with E-state index >= 15 is 0 Å². The highest BCUT2D eigenvalue weighted by molar-refractivity contribution is 5.49. The van der Waals surface area contributed by atoms with Gasteiger partial charge in [0.2, 0.25) is 6.08 Å². The number of benzene rings is 2. The molecule has 2 rings (SSSR count). The summed E-state index contributed by atoms with van der Waals surface area (Å²) in [6.07, 6.45) is 2.37. The van der Waals surface area contributed by atoms with Crippen molar-refractivity contribution < 1.29 is 9.53 Å². The van der Waals surface area contributed by atoms with Crippen LogP contribution in [0.15, 0.2) is 59.6 Å². The molecule has 0 saturated heterocycles. The molecule has 0 aromatic heterocycles. The minimum absolute atomic E-state index is 0.584. The van der Waals surface area contributed by atoms with Gasteiger partial charge in [-0.05, 0) is 29.8 Å². The summed E-state index contributed by atoms with van der Waals surface area (Å²) in [5.41, 5.74) is 1.83. The molecule has 2 aromatic rings.